The van der Waals surface area contributed by atoms with Gasteiger partial charge < -0.3 is 19.7 Å². The van der Waals surface area contributed by atoms with E-state index >= 15 is 0 Å². The third-order valence-corrected chi connectivity index (χ3v) is 6.28. The van der Waals surface area contributed by atoms with Crippen LogP contribution in [0.3, 0.4) is 0 Å². The fraction of sp³-hybridized carbons (Fsp3) is 0.375. The average Bonchev–Trinajstić information content (AvgIpc) is 2.88. The van der Waals surface area contributed by atoms with E-state index in [0.29, 0.717) is 30.9 Å². The Kier molecular flexibility index (Phi) is 9.94. The van der Waals surface area contributed by atoms with Crippen molar-refractivity contribution >= 4 is 11.8 Å². The smallest absolute Gasteiger partial charge is 0.243 e. The number of nitrogens with zero attached hydrogens (tertiary/aromatic N) is 1. The first-order chi connectivity index (χ1) is 18.1. The molecular weight excluding hydrogens is 476 g/mol. The summed E-state index contributed by atoms with van der Waals surface area (Å²) in [6.07, 6.45) is 1.20. The third kappa shape index (κ3) is 8.37. The topological polar surface area (TPSA) is 67.9 Å². The number of nitrogens with one attached hydrogen (secondary N) is 1. The highest BCUT2D eigenvalue weighted by Gasteiger charge is 2.32. The van der Waals surface area contributed by atoms with Gasteiger partial charge >= 0.3 is 0 Å². The molecule has 0 heterocycles. The van der Waals surface area contributed by atoms with E-state index in [0.717, 1.165) is 22.3 Å². The molecule has 3 aromatic rings. The van der Waals surface area contributed by atoms with Crippen molar-refractivity contribution in [3.8, 4) is 11.5 Å². The average molecular weight is 517 g/mol. The lowest BCUT2D eigenvalue weighted by atomic mass is 9.99. The van der Waals surface area contributed by atoms with Gasteiger partial charge in [0.1, 0.15) is 6.04 Å². The lowest BCUT2D eigenvalue weighted by molar-refractivity contribution is -0.141. The maximum atomic E-state index is 13.9. The standard InChI is InChI=1S/C32H40N2O4/c1-23-11-10-14-26(19-23)22-34(30(35)18-16-25-15-17-28(37-5)29(21-25)38-6)27(31(36)33-32(2,3)4)20-24-12-8-7-9-13-24/h7-15,17,19,21,27H,16,18,20,22H2,1-6H3,(H,33,36). The van der Waals surface area contributed by atoms with Crippen molar-refractivity contribution < 1.29 is 19.1 Å². The van der Waals surface area contributed by atoms with Crippen LogP contribution in [0.5, 0.6) is 11.5 Å². The van der Waals surface area contributed by atoms with Crippen molar-refractivity contribution in [2.24, 2.45) is 0 Å². The Morgan fingerprint density at radius 1 is 0.842 bits per heavy atom. The van der Waals surface area contributed by atoms with Gasteiger partial charge in [-0.15, -0.1) is 0 Å². The van der Waals surface area contributed by atoms with Gasteiger partial charge in [0.2, 0.25) is 11.8 Å². The Morgan fingerprint density at radius 3 is 2.16 bits per heavy atom. The Balaban J connectivity index is 1.93. The van der Waals surface area contributed by atoms with Crippen LogP contribution in [0.25, 0.3) is 0 Å². The van der Waals surface area contributed by atoms with E-state index < -0.39 is 11.6 Å². The largest absolute Gasteiger partial charge is 0.493 e. The van der Waals surface area contributed by atoms with Crippen molar-refractivity contribution in [3.05, 3.63) is 95.1 Å². The monoisotopic (exact) mass is 516 g/mol. The highest BCUT2D eigenvalue weighted by atomic mass is 16.5. The van der Waals surface area contributed by atoms with Crippen LogP contribution in [0, 0.1) is 6.92 Å². The zero-order valence-electron chi connectivity index (χ0n) is 23.4. The molecule has 1 atom stereocenters. The van der Waals surface area contributed by atoms with Crippen molar-refractivity contribution in [1.29, 1.82) is 0 Å². The summed E-state index contributed by atoms with van der Waals surface area (Å²) in [6.45, 7) is 8.23. The van der Waals surface area contributed by atoms with Crippen LogP contribution in [-0.2, 0) is 29.0 Å². The van der Waals surface area contributed by atoms with E-state index in [9.17, 15) is 9.59 Å². The lowest BCUT2D eigenvalue weighted by Crippen LogP contribution is -2.54. The molecule has 1 unspecified atom stereocenters. The van der Waals surface area contributed by atoms with Gasteiger partial charge in [-0.05, 0) is 62.9 Å². The molecule has 1 N–H and O–H groups in total. The molecule has 0 aliphatic carbocycles. The number of aryl methyl sites for hydroxylation is 2. The quantitative estimate of drug-likeness (QED) is 0.365. The van der Waals surface area contributed by atoms with Crippen molar-refractivity contribution in [2.45, 2.75) is 65.1 Å². The fourth-order valence-corrected chi connectivity index (χ4v) is 4.45. The molecule has 0 aromatic heterocycles. The van der Waals surface area contributed by atoms with Gasteiger partial charge in [0.25, 0.3) is 0 Å². The predicted octanol–water partition coefficient (Wildman–Crippen LogP) is 5.50. The number of hydrogen-bond acceptors (Lipinski definition) is 4. The minimum absolute atomic E-state index is 0.0775. The van der Waals surface area contributed by atoms with Gasteiger partial charge in [-0.1, -0.05) is 66.2 Å². The molecule has 38 heavy (non-hydrogen) atoms. The molecule has 0 aliphatic rings. The first kappa shape index (κ1) is 28.8. The minimum Gasteiger partial charge on any atom is -0.493 e. The summed E-state index contributed by atoms with van der Waals surface area (Å²) in [5.74, 6) is 1.03. The number of benzene rings is 3. The number of methoxy groups -OCH3 is 2. The molecular formula is C32H40N2O4. The van der Waals surface area contributed by atoms with Gasteiger partial charge in [0.15, 0.2) is 11.5 Å². The Labute approximate surface area is 227 Å². The van der Waals surface area contributed by atoms with Gasteiger partial charge in [-0.3, -0.25) is 9.59 Å². The van der Waals surface area contributed by atoms with Crippen LogP contribution >= 0.6 is 0 Å². The van der Waals surface area contributed by atoms with Gasteiger partial charge in [-0.25, -0.2) is 0 Å². The van der Waals surface area contributed by atoms with E-state index in [1.165, 1.54) is 0 Å². The normalized spacial score (nSPS) is 11.9. The van der Waals surface area contributed by atoms with Crippen LogP contribution in [0.1, 0.15) is 49.4 Å². The number of carbonyl (C=O) groups excluding carboxylic acids is 2. The van der Waals surface area contributed by atoms with E-state index in [1.54, 1.807) is 19.1 Å². The number of rotatable bonds is 11. The minimum atomic E-state index is -0.657. The van der Waals surface area contributed by atoms with Crippen molar-refractivity contribution in [2.75, 3.05) is 14.2 Å². The molecule has 2 amide bonds. The van der Waals surface area contributed by atoms with Crippen molar-refractivity contribution in [3.63, 3.8) is 0 Å². The van der Waals surface area contributed by atoms with Gasteiger partial charge in [0, 0.05) is 24.9 Å². The molecule has 6 heteroatoms. The molecule has 0 spiro atoms. The molecule has 0 aliphatic heterocycles. The highest BCUT2D eigenvalue weighted by Crippen LogP contribution is 2.28. The van der Waals surface area contributed by atoms with Gasteiger partial charge in [0.05, 0.1) is 14.2 Å². The van der Waals surface area contributed by atoms with E-state index in [-0.39, 0.29) is 18.2 Å². The maximum absolute atomic E-state index is 13.9. The number of carbonyl (C=O) groups is 2. The number of hydrogen-bond donors (Lipinski definition) is 1. The summed E-state index contributed by atoms with van der Waals surface area (Å²) in [6, 6.07) is 23.0. The second kappa shape index (κ2) is 13.1. The second-order valence-electron chi connectivity index (χ2n) is 10.6. The van der Waals surface area contributed by atoms with E-state index in [2.05, 4.69) is 11.4 Å². The molecule has 0 saturated heterocycles. The summed E-state index contributed by atoms with van der Waals surface area (Å²) in [5, 5.41) is 3.11. The van der Waals surface area contributed by atoms with Crippen LogP contribution in [-0.4, -0.2) is 42.5 Å². The summed E-state index contributed by atoms with van der Waals surface area (Å²) < 4.78 is 10.8. The SMILES string of the molecule is COc1ccc(CCC(=O)N(Cc2cccc(C)c2)C(Cc2ccccc2)C(=O)NC(C)(C)C)cc1OC. The molecule has 6 nitrogen and oxygen atoms in total. The van der Waals surface area contributed by atoms with Crippen molar-refractivity contribution in [1.82, 2.24) is 10.2 Å². The zero-order valence-corrected chi connectivity index (χ0v) is 23.4. The van der Waals surface area contributed by atoms with E-state index in [4.69, 9.17) is 9.47 Å². The van der Waals surface area contributed by atoms with Crippen LogP contribution < -0.4 is 14.8 Å². The Hall–Kier alpha value is -3.80. The molecule has 3 rings (SSSR count). The third-order valence-electron chi connectivity index (χ3n) is 6.28. The van der Waals surface area contributed by atoms with Crippen LogP contribution in [0.15, 0.2) is 72.8 Å². The Morgan fingerprint density at radius 2 is 1.53 bits per heavy atom. The second-order valence-corrected chi connectivity index (χ2v) is 10.6. The van der Waals surface area contributed by atoms with Crippen LogP contribution in [0.4, 0.5) is 0 Å². The van der Waals surface area contributed by atoms with Crippen LogP contribution in [0.2, 0.25) is 0 Å². The Bertz CT molecular complexity index is 1220. The van der Waals surface area contributed by atoms with E-state index in [1.807, 2.05) is 94.4 Å². The lowest BCUT2D eigenvalue weighted by Gasteiger charge is -2.34. The molecule has 202 valence electrons. The number of amides is 2. The summed E-state index contributed by atoms with van der Waals surface area (Å²) in [4.78, 5) is 29.3. The molecule has 0 fully saturated rings. The molecule has 0 radical (unpaired) electrons. The first-order valence-corrected chi connectivity index (χ1v) is 13.0. The first-order valence-electron chi connectivity index (χ1n) is 13.0. The maximum Gasteiger partial charge on any atom is 0.243 e. The summed E-state index contributed by atoms with van der Waals surface area (Å²) in [7, 11) is 3.19. The molecule has 3 aromatic carbocycles. The highest BCUT2D eigenvalue weighted by molar-refractivity contribution is 5.88. The summed E-state index contributed by atoms with van der Waals surface area (Å²) in [5.41, 5.74) is 3.64. The molecule has 0 bridgehead atoms. The number of ether oxygens (including phenoxy) is 2. The fourth-order valence-electron chi connectivity index (χ4n) is 4.45. The summed E-state index contributed by atoms with van der Waals surface area (Å²) >= 11 is 0. The molecule has 0 saturated carbocycles. The predicted molar refractivity (Wildman–Crippen MR) is 151 cm³/mol. The van der Waals surface area contributed by atoms with Gasteiger partial charge in [-0.2, -0.15) is 0 Å². The zero-order chi connectivity index (χ0) is 27.7.